The van der Waals surface area contributed by atoms with Gasteiger partial charge in [-0.15, -0.1) is 0 Å². The minimum atomic E-state index is 0.119. The van der Waals surface area contributed by atoms with Gasteiger partial charge in [-0.3, -0.25) is 4.79 Å². The Morgan fingerprint density at radius 1 is 1.36 bits per heavy atom. The van der Waals surface area contributed by atoms with Crippen LogP contribution in [0.15, 0.2) is 0 Å². The highest BCUT2D eigenvalue weighted by molar-refractivity contribution is 5.77. The lowest BCUT2D eigenvalue weighted by atomic mass is 9.80. The molecule has 0 saturated heterocycles. The molecule has 0 aromatic rings. The topological polar surface area (TPSA) is 29.1 Å². The van der Waals surface area contributed by atoms with E-state index in [9.17, 15) is 4.79 Å². The zero-order chi connectivity index (χ0) is 10.6. The molecule has 0 aromatic carbocycles. The smallest absolute Gasteiger partial charge is 0.222 e. The first-order valence-electron chi connectivity index (χ1n) is 5.89. The molecule has 0 spiro atoms. The lowest BCUT2D eigenvalue weighted by Crippen LogP contribution is -2.35. The van der Waals surface area contributed by atoms with Gasteiger partial charge in [0, 0.05) is 12.5 Å². The fraction of sp³-hybridized carbons (Fsp3) is 0.917. The van der Waals surface area contributed by atoms with Crippen molar-refractivity contribution < 1.29 is 4.79 Å². The van der Waals surface area contributed by atoms with E-state index in [4.69, 9.17) is 0 Å². The van der Waals surface area contributed by atoms with Gasteiger partial charge < -0.3 is 5.32 Å². The van der Waals surface area contributed by atoms with Crippen molar-refractivity contribution >= 4 is 5.91 Å². The second kappa shape index (κ2) is 5.38. The monoisotopic (exact) mass is 197 g/mol. The van der Waals surface area contributed by atoms with Gasteiger partial charge in [-0.25, -0.2) is 0 Å². The Kier molecular flexibility index (Phi) is 4.43. The Balaban J connectivity index is 2.26. The van der Waals surface area contributed by atoms with Crippen LogP contribution in [0.3, 0.4) is 0 Å². The zero-order valence-corrected chi connectivity index (χ0v) is 9.68. The molecule has 2 atom stereocenters. The van der Waals surface area contributed by atoms with Crippen molar-refractivity contribution in [3.63, 3.8) is 0 Å². The van der Waals surface area contributed by atoms with Gasteiger partial charge in [-0.2, -0.15) is 0 Å². The Morgan fingerprint density at radius 2 is 2.00 bits per heavy atom. The predicted octanol–water partition coefficient (Wildman–Crippen LogP) is 2.58. The second-order valence-corrected chi connectivity index (χ2v) is 4.92. The van der Waals surface area contributed by atoms with E-state index < -0.39 is 0 Å². The molecule has 82 valence electrons. The van der Waals surface area contributed by atoms with Crippen LogP contribution in [-0.2, 0) is 4.79 Å². The number of carbonyl (C=O) groups excluding carboxylic acids is 1. The van der Waals surface area contributed by atoms with Crippen molar-refractivity contribution in [3.8, 4) is 0 Å². The van der Waals surface area contributed by atoms with E-state index in [-0.39, 0.29) is 11.8 Å². The molecule has 1 saturated carbocycles. The highest BCUT2D eigenvalue weighted by Crippen LogP contribution is 2.28. The number of nitrogens with one attached hydrogen (secondary N) is 1. The van der Waals surface area contributed by atoms with E-state index >= 15 is 0 Å². The highest BCUT2D eigenvalue weighted by atomic mass is 16.1. The standard InChI is InChI=1S/C12H23NO/c1-9(2)12(14)13-8-11-7-5-4-6-10(11)3/h9-11H,4-8H2,1-3H3,(H,13,14). The fourth-order valence-corrected chi connectivity index (χ4v) is 2.13. The van der Waals surface area contributed by atoms with Crippen LogP contribution in [-0.4, -0.2) is 12.5 Å². The molecule has 0 aliphatic heterocycles. The molecular weight excluding hydrogens is 174 g/mol. The molecule has 0 heterocycles. The van der Waals surface area contributed by atoms with Crippen molar-refractivity contribution in [3.05, 3.63) is 0 Å². The van der Waals surface area contributed by atoms with Crippen molar-refractivity contribution in [2.75, 3.05) is 6.54 Å². The van der Waals surface area contributed by atoms with Gasteiger partial charge in [0.15, 0.2) is 0 Å². The average Bonchev–Trinajstić information content (AvgIpc) is 2.16. The summed E-state index contributed by atoms with van der Waals surface area (Å²) in [5.74, 6) is 1.82. The number of hydrogen-bond acceptors (Lipinski definition) is 1. The minimum Gasteiger partial charge on any atom is -0.356 e. The van der Waals surface area contributed by atoms with Crippen LogP contribution in [0.2, 0.25) is 0 Å². The Bertz CT molecular complexity index is 189. The molecular formula is C12H23NO. The van der Waals surface area contributed by atoms with E-state index in [0.29, 0.717) is 5.92 Å². The van der Waals surface area contributed by atoms with Crippen molar-refractivity contribution in [1.82, 2.24) is 5.32 Å². The van der Waals surface area contributed by atoms with Gasteiger partial charge in [0.1, 0.15) is 0 Å². The summed E-state index contributed by atoms with van der Waals surface area (Å²) < 4.78 is 0. The van der Waals surface area contributed by atoms with Gasteiger partial charge in [0.2, 0.25) is 5.91 Å². The van der Waals surface area contributed by atoms with Gasteiger partial charge in [0.05, 0.1) is 0 Å². The van der Waals surface area contributed by atoms with Crippen LogP contribution in [0.5, 0.6) is 0 Å². The molecule has 2 heteroatoms. The number of hydrogen-bond donors (Lipinski definition) is 1. The highest BCUT2D eigenvalue weighted by Gasteiger charge is 2.21. The molecule has 1 aliphatic rings. The summed E-state index contributed by atoms with van der Waals surface area (Å²) in [5, 5.41) is 3.04. The van der Waals surface area contributed by atoms with Crippen molar-refractivity contribution in [1.29, 1.82) is 0 Å². The Labute approximate surface area is 87.5 Å². The Hall–Kier alpha value is -0.530. The first-order valence-corrected chi connectivity index (χ1v) is 5.89. The summed E-state index contributed by atoms with van der Waals surface area (Å²) in [5.41, 5.74) is 0. The maximum atomic E-state index is 11.4. The molecule has 2 nitrogen and oxygen atoms in total. The minimum absolute atomic E-state index is 0.119. The van der Waals surface area contributed by atoms with Crippen LogP contribution in [0.4, 0.5) is 0 Å². The summed E-state index contributed by atoms with van der Waals surface area (Å²) in [4.78, 5) is 11.4. The SMILES string of the molecule is CC(C)C(=O)NCC1CCCCC1C. The third-order valence-corrected chi connectivity index (χ3v) is 3.35. The van der Waals surface area contributed by atoms with Crippen LogP contribution < -0.4 is 5.32 Å². The summed E-state index contributed by atoms with van der Waals surface area (Å²) in [7, 11) is 0. The fourth-order valence-electron chi connectivity index (χ4n) is 2.13. The molecule has 14 heavy (non-hydrogen) atoms. The Morgan fingerprint density at radius 3 is 2.57 bits per heavy atom. The van der Waals surface area contributed by atoms with Crippen LogP contribution in [0.25, 0.3) is 0 Å². The third-order valence-electron chi connectivity index (χ3n) is 3.35. The van der Waals surface area contributed by atoms with E-state index in [2.05, 4.69) is 12.2 Å². The van der Waals surface area contributed by atoms with Crippen LogP contribution >= 0.6 is 0 Å². The van der Waals surface area contributed by atoms with Crippen LogP contribution in [0, 0.1) is 17.8 Å². The molecule has 1 aliphatic carbocycles. The first kappa shape index (κ1) is 11.5. The predicted molar refractivity (Wildman–Crippen MR) is 59.0 cm³/mol. The zero-order valence-electron chi connectivity index (χ0n) is 9.68. The molecule has 1 amide bonds. The van der Waals surface area contributed by atoms with Crippen molar-refractivity contribution in [2.45, 2.75) is 46.5 Å². The van der Waals surface area contributed by atoms with E-state index in [1.807, 2.05) is 13.8 Å². The number of amides is 1. The van der Waals surface area contributed by atoms with Gasteiger partial charge in [0.25, 0.3) is 0 Å². The normalized spacial score (nSPS) is 27.7. The molecule has 1 N–H and O–H groups in total. The van der Waals surface area contributed by atoms with E-state index in [1.165, 1.54) is 25.7 Å². The quantitative estimate of drug-likeness (QED) is 0.740. The molecule has 0 bridgehead atoms. The van der Waals surface area contributed by atoms with Gasteiger partial charge >= 0.3 is 0 Å². The summed E-state index contributed by atoms with van der Waals surface area (Å²) in [6, 6.07) is 0. The number of carbonyl (C=O) groups is 1. The first-order chi connectivity index (χ1) is 6.61. The molecule has 0 aromatic heterocycles. The lowest BCUT2D eigenvalue weighted by molar-refractivity contribution is -0.124. The molecule has 0 radical (unpaired) electrons. The van der Waals surface area contributed by atoms with Crippen molar-refractivity contribution in [2.24, 2.45) is 17.8 Å². The summed E-state index contributed by atoms with van der Waals surface area (Å²) in [6.07, 6.45) is 5.34. The van der Waals surface area contributed by atoms with Gasteiger partial charge in [-0.1, -0.05) is 40.0 Å². The second-order valence-electron chi connectivity index (χ2n) is 4.92. The van der Waals surface area contributed by atoms with Crippen LogP contribution in [0.1, 0.15) is 46.5 Å². The summed E-state index contributed by atoms with van der Waals surface area (Å²) in [6.45, 7) is 7.09. The average molecular weight is 197 g/mol. The van der Waals surface area contributed by atoms with E-state index in [1.54, 1.807) is 0 Å². The van der Waals surface area contributed by atoms with Gasteiger partial charge in [-0.05, 0) is 18.3 Å². The largest absolute Gasteiger partial charge is 0.356 e. The maximum absolute atomic E-state index is 11.4. The number of rotatable bonds is 3. The third kappa shape index (κ3) is 3.32. The molecule has 1 fully saturated rings. The summed E-state index contributed by atoms with van der Waals surface area (Å²) >= 11 is 0. The maximum Gasteiger partial charge on any atom is 0.222 e. The van der Waals surface area contributed by atoms with E-state index in [0.717, 1.165) is 12.5 Å². The lowest BCUT2D eigenvalue weighted by Gasteiger charge is -2.29. The molecule has 2 unspecified atom stereocenters. The molecule has 1 rings (SSSR count).